The van der Waals surface area contributed by atoms with Gasteiger partial charge in [-0.1, -0.05) is 54.5 Å². The molecule has 194 valence electrons. The Balaban J connectivity index is 2.52. The fourth-order valence-corrected chi connectivity index (χ4v) is 5.51. The standard InChI is InChI=1S/C23H34N4O6S2/c1-5-15-20(29)25-16(6-2)23(32)33-14-9-7-8-10-34-35-12-17(21(30)24-15)26-22(31)19(13(3)4)27-18(28)11-14/h5,7,9,13-14,16-17,19H,6,8,10-12H2,1-4H3,(H,24,30)(H,25,29)(H,26,31)(H,27,28)/b9-7+,15-5-/t14-,16+,17-,19+/m0/s1. The molecule has 35 heavy (non-hydrogen) atoms. The molecule has 2 aliphatic heterocycles. The molecule has 0 radical (unpaired) electrons. The minimum atomic E-state index is -0.970. The smallest absolute Gasteiger partial charge is 0.329 e. The van der Waals surface area contributed by atoms with Crippen molar-refractivity contribution in [1.82, 2.24) is 21.3 Å². The number of hydrogen-bond donors (Lipinski definition) is 4. The summed E-state index contributed by atoms with van der Waals surface area (Å²) in [5, 5.41) is 10.6. The van der Waals surface area contributed by atoms with Crippen LogP contribution in [0.25, 0.3) is 0 Å². The molecule has 12 heteroatoms. The van der Waals surface area contributed by atoms with E-state index in [0.717, 1.165) is 0 Å². The van der Waals surface area contributed by atoms with Crippen molar-refractivity contribution in [3.8, 4) is 0 Å². The lowest BCUT2D eigenvalue weighted by Crippen LogP contribution is -2.57. The van der Waals surface area contributed by atoms with Gasteiger partial charge in [-0.15, -0.1) is 0 Å². The number of fused-ring (bicyclic) bond motifs is 7. The topological polar surface area (TPSA) is 143 Å². The maximum atomic E-state index is 13.1. The Hall–Kier alpha value is -2.47. The second kappa shape index (κ2) is 14.2. The van der Waals surface area contributed by atoms with Crippen molar-refractivity contribution in [3.05, 3.63) is 23.9 Å². The van der Waals surface area contributed by atoms with Gasteiger partial charge in [0.1, 0.15) is 29.9 Å². The van der Waals surface area contributed by atoms with E-state index >= 15 is 0 Å². The van der Waals surface area contributed by atoms with E-state index in [1.54, 1.807) is 33.8 Å². The zero-order valence-corrected chi connectivity index (χ0v) is 22.1. The maximum absolute atomic E-state index is 13.1. The number of ether oxygens (including phenoxy) is 1. The number of carbonyl (C=O) groups excluding carboxylic acids is 5. The van der Waals surface area contributed by atoms with Crippen LogP contribution in [0.15, 0.2) is 23.9 Å². The van der Waals surface area contributed by atoms with Gasteiger partial charge in [0, 0.05) is 11.5 Å². The molecule has 4 atom stereocenters. The summed E-state index contributed by atoms with van der Waals surface area (Å²) < 4.78 is 5.58. The Morgan fingerprint density at radius 2 is 1.83 bits per heavy atom. The van der Waals surface area contributed by atoms with Crippen LogP contribution >= 0.6 is 21.6 Å². The molecule has 0 unspecified atom stereocenters. The number of esters is 1. The van der Waals surface area contributed by atoms with Crippen molar-refractivity contribution in [2.75, 3.05) is 11.5 Å². The van der Waals surface area contributed by atoms with Crippen LogP contribution in [-0.4, -0.2) is 65.3 Å². The second-order valence-corrected chi connectivity index (χ2v) is 11.1. The van der Waals surface area contributed by atoms with E-state index in [1.807, 2.05) is 6.08 Å². The predicted molar refractivity (Wildman–Crippen MR) is 136 cm³/mol. The Morgan fingerprint density at radius 3 is 2.49 bits per heavy atom. The summed E-state index contributed by atoms with van der Waals surface area (Å²) in [7, 11) is 2.95. The van der Waals surface area contributed by atoms with E-state index < -0.39 is 53.8 Å². The van der Waals surface area contributed by atoms with Crippen molar-refractivity contribution < 1.29 is 28.7 Å². The van der Waals surface area contributed by atoms with E-state index in [2.05, 4.69) is 21.3 Å². The van der Waals surface area contributed by atoms with Gasteiger partial charge in [-0.05, 0) is 31.8 Å². The Labute approximate surface area is 213 Å². The normalized spacial score (nSPS) is 30.0. The van der Waals surface area contributed by atoms with Crippen molar-refractivity contribution in [2.24, 2.45) is 5.92 Å². The SMILES string of the molecule is C/C=C1\NC(=O)[C@@H]2CSSCC/C=C/[C@@H](CC(=O)N[C@H](C(C)C)C(=O)N2)OC(=O)[C@@H](CC)NC1=O. The number of allylic oxidation sites excluding steroid dienone is 2. The number of nitrogens with one attached hydrogen (secondary N) is 4. The van der Waals surface area contributed by atoms with Crippen LogP contribution in [0.1, 0.15) is 47.0 Å². The number of hydrogen-bond acceptors (Lipinski definition) is 8. The van der Waals surface area contributed by atoms with Crippen LogP contribution in [-0.2, 0) is 28.7 Å². The molecule has 2 bridgehead atoms. The minimum absolute atomic E-state index is 0.0419. The average Bonchev–Trinajstić information content (AvgIpc) is 2.81. The second-order valence-electron chi connectivity index (χ2n) is 8.48. The lowest BCUT2D eigenvalue weighted by atomic mass is 10.0. The number of carbonyl (C=O) groups is 5. The Kier molecular flexibility index (Phi) is 11.7. The highest BCUT2D eigenvalue weighted by Crippen LogP contribution is 2.24. The molecule has 1 fully saturated rings. The molecule has 0 aromatic carbocycles. The van der Waals surface area contributed by atoms with Crippen molar-refractivity contribution in [3.63, 3.8) is 0 Å². The van der Waals surface area contributed by atoms with E-state index in [1.165, 1.54) is 27.7 Å². The lowest BCUT2D eigenvalue weighted by molar-refractivity contribution is -0.152. The van der Waals surface area contributed by atoms with Crippen molar-refractivity contribution >= 4 is 51.2 Å². The first-order chi connectivity index (χ1) is 16.7. The third kappa shape index (κ3) is 8.92. The summed E-state index contributed by atoms with van der Waals surface area (Å²) in [6, 6.07) is -2.82. The van der Waals surface area contributed by atoms with Gasteiger partial charge in [0.05, 0.1) is 6.42 Å². The highest BCUT2D eigenvalue weighted by molar-refractivity contribution is 8.76. The van der Waals surface area contributed by atoms with Crippen LogP contribution < -0.4 is 21.3 Å². The summed E-state index contributed by atoms with van der Waals surface area (Å²) in [4.78, 5) is 64.7. The minimum Gasteiger partial charge on any atom is -0.456 e. The summed E-state index contributed by atoms with van der Waals surface area (Å²) in [6.45, 7) is 6.86. The van der Waals surface area contributed by atoms with Gasteiger partial charge >= 0.3 is 5.97 Å². The van der Waals surface area contributed by atoms with Gasteiger partial charge in [0.25, 0.3) is 5.91 Å². The number of rotatable bonds is 2. The molecule has 4 amide bonds. The fourth-order valence-electron chi connectivity index (χ4n) is 3.36. The molecular formula is C23H34N4O6S2. The molecule has 0 aromatic heterocycles. The van der Waals surface area contributed by atoms with Gasteiger partial charge in [-0.3, -0.25) is 19.2 Å². The molecule has 0 saturated carbocycles. The van der Waals surface area contributed by atoms with Gasteiger partial charge in [-0.2, -0.15) is 0 Å². The molecule has 0 aromatic rings. The monoisotopic (exact) mass is 526 g/mol. The predicted octanol–water partition coefficient (Wildman–Crippen LogP) is 1.18. The van der Waals surface area contributed by atoms with E-state index in [4.69, 9.17) is 4.74 Å². The largest absolute Gasteiger partial charge is 0.456 e. The Morgan fingerprint density at radius 1 is 1.09 bits per heavy atom. The van der Waals surface area contributed by atoms with Crippen LogP contribution in [0.4, 0.5) is 0 Å². The Bertz CT molecular complexity index is 876. The third-order valence-corrected chi connectivity index (χ3v) is 7.83. The summed E-state index contributed by atoms with van der Waals surface area (Å²) in [5.74, 6) is -2.20. The lowest BCUT2D eigenvalue weighted by Gasteiger charge is -2.27. The first kappa shape index (κ1) is 28.8. The number of amides is 4. The van der Waals surface area contributed by atoms with Crippen molar-refractivity contribution in [1.29, 1.82) is 0 Å². The molecule has 0 spiro atoms. The van der Waals surface area contributed by atoms with Crippen LogP contribution in [0.3, 0.4) is 0 Å². The quantitative estimate of drug-likeness (QED) is 0.182. The van der Waals surface area contributed by atoms with Gasteiger partial charge in [0.2, 0.25) is 17.7 Å². The summed E-state index contributed by atoms with van der Waals surface area (Å²) in [6.07, 6.45) is 4.77. The first-order valence-corrected chi connectivity index (χ1v) is 14.1. The van der Waals surface area contributed by atoms with Gasteiger partial charge < -0.3 is 26.0 Å². The van der Waals surface area contributed by atoms with E-state index in [9.17, 15) is 24.0 Å². The molecule has 1 saturated heterocycles. The molecule has 10 nitrogen and oxygen atoms in total. The molecule has 2 heterocycles. The molecule has 2 rings (SSSR count). The molecular weight excluding hydrogens is 492 g/mol. The highest BCUT2D eigenvalue weighted by Gasteiger charge is 2.32. The first-order valence-electron chi connectivity index (χ1n) is 11.7. The third-order valence-electron chi connectivity index (χ3n) is 5.38. The summed E-state index contributed by atoms with van der Waals surface area (Å²) >= 11 is 0. The van der Waals surface area contributed by atoms with Crippen LogP contribution in [0.2, 0.25) is 0 Å². The van der Waals surface area contributed by atoms with Crippen LogP contribution in [0.5, 0.6) is 0 Å². The maximum Gasteiger partial charge on any atom is 0.329 e. The van der Waals surface area contributed by atoms with Gasteiger partial charge in [-0.25, -0.2) is 4.79 Å². The molecule has 2 aliphatic rings. The summed E-state index contributed by atoms with van der Waals surface area (Å²) in [5.41, 5.74) is -0.0419. The zero-order chi connectivity index (χ0) is 26.0. The zero-order valence-electron chi connectivity index (χ0n) is 20.4. The highest BCUT2D eigenvalue weighted by atomic mass is 33.1. The van der Waals surface area contributed by atoms with Gasteiger partial charge in [0.15, 0.2) is 0 Å². The van der Waals surface area contributed by atoms with E-state index in [0.29, 0.717) is 12.2 Å². The average molecular weight is 527 g/mol. The van der Waals surface area contributed by atoms with Crippen molar-refractivity contribution in [2.45, 2.75) is 71.2 Å². The fraction of sp³-hybridized carbons (Fsp3) is 0.609. The van der Waals surface area contributed by atoms with Crippen LogP contribution in [0, 0.1) is 5.92 Å². The molecule has 0 aliphatic carbocycles. The van der Waals surface area contributed by atoms with E-state index in [-0.39, 0.29) is 30.2 Å². The molecule has 4 N–H and O–H groups in total.